The molecule has 0 saturated heterocycles. The fraction of sp³-hybridized carbons (Fsp3) is 0.188. The molecule has 1 aliphatic heterocycles. The van der Waals surface area contributed by atoms with Gasteiger partial charge in [0.2, 0.25) is 0 Å². The van der Waals surface area contributed by atoms with Gasteiger partial charge in [0.1, 0.15) is 5.82 Å². The smallest absolute Gasteiger partial charge is 0.253 e. The van der Waals surface area contributed by atoms with Crippen LogP contribution in [0.2, 0.25) is 0 Å². The molecule has 0 bridgehead atoms. The first-order valence-corrected chi connectivity index (χ1v) is 6.50. The van der Waals surface area contributed by atoms with Crippen LogP contribution < -0.4 is 5.32 Å². The molecule has 102 valence electrons. The van der Waals surface area contributed by atoms with Gasteiger partial charge >= 0.3 is 0 Å². The minimum Gasteiger partial charge on any atom is -0.354 e. The van der Waals surface area contributed by atoms with E-state index in [4.69, 9.17) is 4.74 Å². The molecule has 1 heterocycles. The number of amides is 1. The summed E-state index contributed by atoms with van der Waals surface area (Å²) in [5.74, 6) is -0.632. The lowest BCUT2D eigenvalue weighted by molar-refractivity contribution is 0.0185. The number of hydrogen-bond donors (Lipinski definition) is 1. The van der Waals surface area contributed by atoms with Gasteiger partial charge in [-0.1, -0.05) is 24.3 Å². The molecule has 2 aromatic rings. The summed E-state index contributed by atoms with van der Waals surface area (Å²) < 4.78 is 18.5. The van der Waals surface area contributed by atoms with E-state index in [1.165, 1.54) is 29.8 Å². The van der Waals surface area contributed by atoms with Crippen LogP contribution in [0.3, 0.4) is 0 Å². The van der Waals surface area contributed by atoms with Crippen molar-refractivity contribution < 1.29 is 13.9 Å². The molecule has 0 fully saturated rings. The van der Waals surface area contributed by atoms with Crippen LogP contribution in [-0.4, -0.2) is 12.5 Å². The monoisotopic (exact) mass is 271 g/mol. The first-order valence-electron chi connectivity index (χ1n) is 6.50. The van der Waals surface area contributed by atoms with E-state index in [2.05, 4.69) is 5.32 Å². The van der Waals surface area contributed by atoms with Crippen molar-refractivity contribution in [3.63, 3.8) is 0 Å². The summed E-state index contributed by atoms with van der Waals surface area (Å²) in [6, 6.07) is 13.3. The second kappa shape index (κ2) is 5.43. The van der Waals surface area contributed by atoms with Crippen LogP contribution in [0.4, 0.5) is 4.39 Å². The largest absolute Gasteiger partial charge is 0.354 e. The Labute approximate surface area is 116 Å². The molecule has 0 spiro atoms. The molecule has 1 amide bonds. The van der Waals surface area contributed by atoms with Crippen LogP contribution in [0.1, 0.15) is 27.7 Å². The number of nitrogens with one attached hydrogen (secondary N) is 1. The molecule has 3 rings (SSSR count). The van der Waals surface area contributed by atoms with Crippen molar-refractivity contribution in [1.82, 2.24) is 5.32 Å². The summed E-state index contributed by atoms with van der Waals surface area (Å²) in [6.07, 6.45) is 0.400. The number of benzene rings is 2. The van der Waals surface area contributed by atoms with E-state index in [1.54, 1.807) is 0 Å². The van der Waals surface area contributed by atoms with Crippen LogP contribution in [-0.2, 0) is 11.2 Å². The standard InChI is InChI=1S/C16H14FNO2/c17-13-7-5-12(6-8-13)15(19)18-16-14-4-2-1-3-11(14)9-10-20-16/h1-8,16H,9-10H2,(H,18,19)/t16-/m1/s1. The summed E-state index contributed by atoms with van der Waals surface area (Å²) in [4.78, 5) is 12.1. The zero-order valence-electron chi connectivity index (χ0n) is 10.8. The lowest BCUT2D eigenvalue weighted by atomic mass is 10.0. The highest BCUT2D eigenvalue weighted by Gasteiger charge is 2.22. The maximum Gasteiger partial charge on any atom is 0.253 e. The molecule has 0 aliphatic carbocycles. The highest BCUT2D eigenvalue weighted by Crippen LogP contribution is 2.25. The number of hydrogen-bond acceptors (Lipinski definition) is 2. The van der Waals surface area contributed by atoms with E-state index in [0.717, 1.165) is 12.0 Å². The van der Waals surface area contributed by atoms with Gasteiger partial charge in [-0.2, -0.15) is 0 Å². The maximum atomic E-state index is 12.8. The van der Waals surface area contributed by atoms with Crippen molar-refractivity contribution in [3.8, 4) is 0 Å². The first kappa shape index (κ1) is 12.8. The number of carbonyl (C=O) groups excluding carboxylic acids is 1. The Morgan fingerprint density at radius 3 is 2.70 bits per heavy atom. The van der Waals surface area contributed by atoms with Crippen molar-refractivity contribution >= 4 is 5.91 Å². The van der Waals surface area contributed by atoms with Crippen LogP contribution in [0.5, 0.6) is 0 Å². The zero-order chi connectivity index (χ0) is 13.9. The Hall–Kier alpha value is -2.20. The van der Waals surface area contributed by atoms with E-state index in [1.807, 2.05) is 24.3 Å². The average molecular weight is 271 g/mol. The molecule has 0 aromatic heterocycles. The molecule has 0 saturated carbocycles. The van der Waals surface area contributed by atoms with Crippen molar-refractivity contribution in [2.75, 3.05) is 6.61 Å². The predicted molar refractivity (Wildman–Crippen MR) is 72.7 cm³/mol. The third kappa shape index (κ3) is 2.56. The summed E-state index contributed by atoms with van der Waals surface area (Å²) in [5.41, 5.74) is 2.58. The second-order valence-electron chi connectivity index (χ2n) is 4.68. The van der Waals surface area contributed by atoms with E-state index in [0.29, 0.717) is 12.2 Å². The Kier molecular flexibility index (Phi) is 3.48. The van der Waals surface area contributed by atoms with Gasteiger partial charge in [0.15, 0.2) is 6.23 Å². The number of rotatable bonds is 2. The van der Waals surface area contributed by atoms with Crippen LogP contribution >= 0.6 is 0 Å². The van der Waals surface area contributed by atoms with Crippen molar-refractivity contribution in [2.45, 2.75) is 12.6 Å². The third-order valence-corrected chi connectivity index (χ3v) is 3.36. The van der Waals surface area contributed by atoms with Crippen molar-refractivity contribution in [2.24, 2.45) is 0 Å². The Bertz CT molecular complexity index is 625. The minimum absolute atomic E-state index is 0.272. The van der Waals surface area contributed by atoms with Gasteiger partial charge in [-0.25, -0.2) is 4.39 Å². The molecule has 0 radical (unpaired) electrons. The fourth-order valence-electron chi connectivity index (χ4n) is 2.32. The minimum atomic E-state index is -0.447. The van der Waals surface area contributed by atoms with Gasteiger partial charge in [0.05, 0.1) is 6.61 Å². The lowest BCUT2D eigenvalue weighted by Crippen LogP contribution is -2.33. The van der Waals surface area contributed by atoms with Gasteiger partial charge in [0.25, 0.3) is 5.91 Å². The van der Waals surface area contributed by atoms with E-state index >= 15 is 0 Å². The number of halogens is 1. The summed E-state index contributed by atoms with van der Waals surface area (Å²) >= 11 is 0. The van der Waals surface area contributed by atoms with E-state index in [-0.39, 0.29) is 11.7 Å². The quantitative estimate of drug-likeness (QED) is 0.912. The molecule has 1 atom stereocenters. The van der Waals surface area contributed by atoms with Crippen molar-refractivity contribution in [3.05, 3.63) is 71.0 Å². The predicted octanol–water partition coefficient (Wildman–Crippen LogP) is 2.83. The van der Waals surface area contributed by atoms with Crippen LogP contribution in [0.25, 0.3) is 0 Å². The number of fused-ring (bicyclic) bond motifs is 1. The molecular formula is C16H14FNO2. The summed E-state index contributed by atoms with van der Waals surface area (Å²) in [5, 5.41) is 2.83. The molecule has 2 aromatic carbocycles. The van der Waals surface area contributed by atoms with Gasteiger partial charge in [0, 0.05) is 11.1 Å². The molecule has 20 heavy (non-hydrogen) atoms. The molecule has 0 unspecified atom stereocenters. The topological polar surface area (TPSA) is 38.3 Å². The summed E-state index contributed by atoms with van der Waals surface area (Å²) in [7, 11) is 0. The van der Waals surface area contributed by atoms with Gasteiger partial charge in [-0.3, -0.25) is 4.79 Å². The van der Waals surface area contributed by atoms with Gasteiger partial charge < -0.3 is 10.1 Å². The highest BCUT2D eigenvalue weighted by molar-refractivity contribution is 5.94. The highest BCUT2D eigenvalue weighted by atomic mass is 19.1. The Morgan fingerprint density at radius 1 is 1.15 bits per heavy atom. The maximum absolute atomic E-state index is 12.8. The Balaban J connectivity index is 1.79. The zero-order valence-corrected chi connectivity index (χ0v) is 10.8. The number of ether oxygens (including phenoxy) is 1. The molecule has 4 heteroatoms. The molecule has 3 nitrogen and oxygen atoms in total. The second-order valence-corrected chi connectivity index (χ2v) is 4.68. The van der Waals surface area contributed by atoms with Gasteiger partial charge in [-0.05, 0) is 36.2 Å². The molecule has 1 aliphatic rings. The summed E-state index contributed by atoms with van der Waals surface area (Å²) in [6.45, 7) is 0.575. The van der Waals surface area contributed by atoms with E-state index < -0.39 is 6.23 Å². The normalized spacial score (nSPS) is 17.4. The van der Waals surface area contributed by atoms with Crippen LogP contribution in [0.15, 0.2) is 48.5 Å². The third-order valence-electron chi connectivity index (χ3n) is 3.36. The fourth-order valence-corrected chi connectivity index (χ4v) is 2.32. The SMILES string of the molecule is O=C(N[C@@H]1OCCc2ccccc21)c1ccc(F)cc1. The van der Waals surface area contributed by atoms with Crippen molar-refractivity contribution in [1.29, 1.82) is 0 Å². The Morgan fingerprint density at radius 2 is 1.90 bits per heavy atom. The number of carbonyl (C=O) groups is 1. The van der Waals surface area contributed by atoms with E-state index in [9.17, 15) is 9.18 Å². The lowest BCUT2D eigenvalue weighted by Gasteiger charge is -2.26. The average Bonchev–Trinajstić information content (AvgIpc) is 2.48. The first-order chi connectivity index (χ1) is 9.74. The van der Waals surface area contributed by atoms with Crippen LogP contribution in [0, 0.1) is 5.82 Å². The molecular weight excluding hydrogens is 257 g/mol. The molecule has 1 N–H and O–H groups in total. The van der Waals surface area contributed by atoms with Gasteiger partial charge in [-0.15, -0.1) is 0 Å².